The molecule has 132 valence electrons. The first-order valence-electron chi connectivity index (χ1n) is 8.92. The number of carbonyl (C=O) groups excluding carboxylic acids is 2. The van der Waals surface area contributed by atoms with Crippen LogP contribution in [0.4, 0.5) is 0 Å². The lowest BCUT2D eigenvalue weighted by Crippen LogP contribution is -2.44. The number of esters is 1. The van der Waals surface area contributed by atoms with Crippen LogP contribution in [-0.4, -0.2) is 73.7 Å². The van der Waals surface area contributed by atoms with Gasteiger partial charge in [0.2, 0.25) is 0 Å². The molecule has 6 nitrogen and oxygen atoms in total. The molecule has 2 aliphatic heterocycles. The molecule has 0 aromatic rings. The predicted octanol–water partition coefficient (Wildman–Crippen LogP) is 1.43. The van der Waals surface area contributed by atoms with Crippen LogP contribution in [-0.2, 0) is 19.1 Å². The van der Waals surface area contributed by atoms with Crippen molar-refractivity contribution in [2.45, 2.75) is 51.5 Å². The van der Waals surface area contributed by atoms with Crippen LogP contribution in [0, 0.1) is 0 Å². The monoisotopic (exact) mass is 326 g/mol. The maximum atomic E-state index is 12.1. The summed E-state index contributed by atoms with van der Waals surface area (Å²) in [5, 5.41) is 0. The molecular formula is C17H30N2O4. The molecule has 2 heterocycles. The number of nitrogens with zero attached hydrogens (tertiary/aromatic N) is 2. The molecule has 0 aromatic carbocycles. The van der Waals surface area contributed by atoms with Crippen LogP contribution < -0.4 is 0 Å². The summed E-state index contributed by atoms with van der Waals surface area (Å²) >= 11 is 0. The van der Waals surface area contributed by atoms with Crippen molar-refractivity contribution in [2.24, 2.45) is 0 Å². The van der Waals surface area contributed by atoms with Gasteiger partial charge in [-0.25, -0.2) is 0 Å². The molecule has 2 aliphatic rings. The van der Waals surface area contributed by atoms with E-state index in [0.717, 1.165) is 65.1 Å². The zero-order valence-electron chi connectivity index (χ0n) is 14.3. The van der Waals surface area contributed by atoms with Crippen LogP contribution in [0.3, 0.4) is 0 Å². The summed E-state index contributed by atoms with van der Waals surface area (Å²) in [6.45, 7) is 7.31. The molecule has 0 aliphatic carbocycles. The van der Waals surface area contributed by atoms with E-state index in [4.69, 9.17) is 9.47 Å². The number of carbonyl (C=O) groups is 2. The maximum absolute atomic E-state index is 12.1. The molecule has 0 unspecified atom stereocenters. The first-order chi connectivity index (χ1) is 11.2. The Bertz CT molecular complexity index is 383. The highest BCUT2D eigenvalue weighted by atomic mass is 16.5. The van der Waals surface area contributed by atoms with Crippen LogP contribution in [0.1, 0.15) is 45.4 Å². The molecule has 1 atom stereocenters. The number of amides is 1. The summed E-state index contributed by atoms with van der Waals surface area (Å²) in [7, 11) is 0. The number of ether oxygens (including phenoxy) is 2. The van der Waals surface area contributed by atoms with Crippen molar-refractivity contribution in [2.75, 3.05) is 46.0 Å². The van der Waals surface area contributed by atoms with Gasteiger partial charge in [-0.2, -0.15) is 0 Å². The molecule has 2 saturated heterocycles. The molecule has 0 radical (unpaired) electrons. The molecule has 1 amide bonds. The van der Waals surface area contributed by atoms with E-state index in [9.17, 15) is 9.59 Å². The molecule has 0 spiro atoms. The van der Waals surface area contributed by atoms with Crippen LogP contribution >= 0.6 is 0 Å². The Kier molecular flexibility index (Phi) is 7.82. The average molecular weight is 326 g/mol. The van der Waals surface area contributed by atoms with Gasteiger partial charge in [0, 0.05) is 32.1 Å². The lowest BCUT2D eigenvalue weighted by Gasteiger charge is -2.33. The fourth-order valence-corrected chi connectivity index (χ4v) is 3.20. The van der Waals surface area contributed by atoms with Crippen molar-refractivity contribution >= 4 is 11.9 Å². The van der Waals surface area contributed by atoms with E-state index in [1.807, 2.05) is 4.90 Å². The normalized spacial score (nSPS) is 22.8. The third-order valence-electron chi connectivity index (χ3n) is 4.69. The summed E-state index contributed by atoms with van der Waals surface area (Å²) < 4.78 is 10.4. The van der Waals surface area contributed by atoms with E-state index in [1.54, 1.807) is 0 Å². The quantitative estimate of drug-likeness (QED) is 0.523. The molecule has 0 bridgehead atoms. The van der Waals surface area contributed by atoms with E-state index in [2.05, 4.69) is 11.8 Å². The molecule has 0 N–H and O–H groups in total. The number of hydrogen-bond acceptors (Lipinski definition) is 5. The van der Waals surface area contributed by atoms with Gasteiger partial charge >= 0.3 is 5.97 Å². The predicted molar refractivity (Wildman–Crippen MR) is 87.1 cm³/mol. The van der Waals surface area contributed by atoms with Gasteiger partial charge in [-0.05, 0) is 45.6 Å². The Labute approximate surface area is 139 Å². The standard InChI is InChI=1S/C17H30N2O4/c1-15-6-2-5-9-19(15)16(20)14-23-17(21)7-3-4-8-18-10-12-22-13-11-18/h15H,2-14H2,1H3/t15-/m0/s1. The highest BCUT2D eigenvalue weighted by Gasteiger charge is 2.23. The lowest BCUT2D eigenvalue weighted by molar-refractivity contribution is -0.153. The summed E-state index contributed by atoms with van der Waals surface area (Å²) in [4.78, 5) is 28.0. The third-order valence-corrected chi connectivity index (χ3v) is 4.69. The second-order valence-corrected chi connectivity index (χ2v) is 6.50. The number of morpholine rings is 1. The number of piperidine rings is 1. The molecular weight excluding hydrogens is 296 g/mol. The van der Waals surface area contributed by atoms with Gasteiger partial charge in [0.25, 0.3) is 5.91 Å². The number of likely N-dealkylation sites (tertiary alicyclic amines) is 1. The largest absolute Gasteiger partial charge is 0.456 e. The average Bonchev–Trinajstić information content (AvgIpc) is 2.58. The second-order valence-electron chi connectivity index (χ2n) is 6.50. The SMILES string of the molecule is C[C@H]1CCCCN1C(=O)COC(=O)CCCCN1CCOCC1. The molecule has 0 saturated carbocycles. The van der Waals surface area contributed by atoms with Gasteiger partial charge in [-0.3, -0.25) is 14.5 Å². The minimum absolute atomic E-state index is 0.0566. The Hall–Kier alpha value is -1.14. The minimum atomic E-state index is -0.259. The van der Waals surface area contributed by atoms with Gasteiger partial charge < -0.3 is 14.4 Å². The fraction of sp³-hybridized carbons (Fsp3) is 0.882. The van der Waals surface area contributed by atoms with Gasteiger partial charge in [-0.1, -0.05) is 0 Å². The van der Waals surface area contributed by atoms with E-state index < -0.39 is 0 Å². The second kappa shape index (κ2) is 9.88. The van der Waals surface area contributed by atoms with Crippen molar-refractivity contribution in [1.82, 2.24) is 9.80 Å². The van der Waals surface area contributed by atoms with Crippen LogP contribution in [0.15, 0.2) is 0 Å². The third kappa shape index (κ3) is 6.47. The van der Waals surface area contributed by atoms with E-state index >= 15 is 0 Å². The molecule has 2 rings (SSSR count). The first kappa shape index (κ1) is 18.2. The molecule has 2 fully saturated rings. The van der Waals surface area contributed by atoms with Crippen molar-refractivity contribution in [3.8, 4) is 0 Å². The Morgan fingerprint density at radius 1 is 1.13 bits per heavy atom. The topological polar surface area (TPSA) is 59.1 Å². The number of unbranched alkanes of at least 4 members (excludes halogenated alkanes) is 1. The summed E-state index contributed by atoms with van der Waals surface area (Å²) in [6.07, 6.45) is 5.45. The first-order valence-corrected chi connectivity index (χ1v) is 8.92. The number of rotatable bonds is 7. The van der Waals surface area contributed by atoms with Crippen LogP contribution in [0.5, 0.6) is 0 Å². The van der Waals surface area contributed by atoms with Crippen molar-refractivity contribution < 1.29 is 19.1 Å². The van der Waals surface area contributed by atoms with Gasteiger partial charge in [-0.15, -0.1) is 0 Å². The van der Waals surface area contributed by atoms with Gasteiger partial charge in [0.1, 0.15) is 0 Å². The summed E-state index contributed by atoms with van der Waals surface area (Å²) in [6, 6.07) is 0.267. The number of hydrogen-bond donors (Lipinski definition) is 0. The molecule has 23 heavy (non-hydrogen) atoms. The van der Waals surface area contributed by atoms with Crippen LogP contribution in [0.25, 0.3) is 0 Å². The van der Waals surface area contributed by atoms with Crippen molar-refractivity contribution in [1.29, 1.82) is 0 Å². The van der Waals surface area contributed by atoms with E-state index in [0.29, 0.717) is 6.42 Å². The van der Waals surface area contributed by atoms with E-state index in [-0.39, 0.29) is 24.5 Å². The zero-order chi connectivity index (χ0) is 16.5. The minimum Gasteiger partial charge on any atom is -0.456 e. The Balaban J connectivity index is 1.53. The van der Waals surface area contributed by atoms with Gasteiger partial charge in [0.05, 0.1) is 13.2 Å². The molecule has 6 heteroatoms. The molecule has 0 aromatic heterocycles. The zero-order valence-corrected chi connectivity index (χ0v) is 14.3. The van der Waals surface area contributed by atoms with Crippen molar-refractivity contribution in [3.05, 3.63) is 0 Å². The highest BCUT2D eigenvalue weighted by molar-refractivity contribution is 5.80. The smallest absolute Gasteiger partial charge is 0.306 e. The summed E-state index contributed by atoms with van der Waals surface area (Å²) in [5.74, 6) is -0.316. The fourth-order valence-electron chi connectivity index (χ4n) is 3.20. The Morgan fingerprint density at radius 3 is 2.65 bits per heavy atom. The van der Waals surface area contributed by atoms with E-state index in [1.165, 1.54) is 6.42 Å². The van der Waals surface area contributed by atoms with Crippen molar-refractivity contribution in [3.63, 3.8) is 0 Å². The summed E-state index contributed by atoms with van der Waals surface area (Å²) in [5.41, 5.74) is 0. The van der Waals surface area contributed by atoms with Crippen LogP contribution in [0.2, 0.25) is 0 Å². The Morgan fingerprint density at radius 2 is 1.91 bits per heavy atom. The maximum Gasteiger partial charge on any atom is 0.306 e. The highest BCUT2D eigenvalue weighted by Crippen LogP contribution is 2.16. The lowest BCUT2D eigenvalue weighted by atomic mass is 10.0. The van der Waals surface area contributed by atoms with Gasteiger partial charge in [0.15, 0.2) is 6.61 Å².